The first kappa shape index (κ1) is 18.0. The van der Waals surface area contributed by atoms with E-state index in [2.05, 4.69) is 87.6 Å². The lowest BCUT2D eigenvalue weighted by molar-refractivity contribution is -0.671. The van der Waals surface area contributed by atoms with Gasteiger partial charge in [-0.3, -0.25) is 0 Å². The van der Waals surface area contributed by atoms with Crippen LogP contribution in [0.4, 0.5) is 5.69 Å². The van der Waals surface area contributed by atoms with Crippen molar-refractivity contribution >= 4 is 17.8 Å². The number of hydrogen-bond acceptors (Lipinski definition) is 1. The summed E-state index contributed by atoms with van der Waals surface area (Å²) in [5, 5.41) is 0. The van der Waals surface area contributed by atoms with Crippen LogP contribution >= 0.6 is 0 Å². The van der Waals surface area contributed by atoms with E-state index in [1.807, 2.05) is 11.6 Å². The minimum absolute atomic E-state index is 0. The normalized spacial score (nSPS) is 18.8. The Morgan fingerprint density at radius 3 is 2.30 bits per heavy atom. The zero-order chi connectivity index (χ0) is 15.9. The minimum Gasteiger partial charge on any atom is -1.00 e. The van der Waals surface area contributed by atoms with Crippen molar-refractivity contribution in [1.29, 1.82) is 0 Å². The van der Waals surface area contributed by atoms with Gasteiger partial charge in [-0.15, -0.1) is 0 Å². The third-order valence-electron chi connectivity index (χ3n) is 5.19. The van der Waals surface area contributed by atoms with Crippen LogP contribution in [0, 0.1) is 0 Å². The number of nitrogens with zero attached hydrogens (tertiary/aromatic N) is 2. The highest BCUT2D eigenvalue weighted by Gasteiger charge is 2.39. The lowest BCUT2D eigenvalue weighted by Gasteiger charge is -2.28. The molecule has 3 heteroatoms. The van der Waals surface area contributed by atoms with E-state index in [0.29, 0.717) is 6.04 Å². The number of aromatic nitrogens is 1. The molecule has 0 saturated carbocycles. The molecule has 1 aromatic heterocycles. The van der Waals surface area contributed by atoms with E-state index in [-0.39, 0.29) is 29.4 Å². The molecule has 1 aliphatic rings. The van der Waals surface area contributed by atoms with Crippen molar-refractivity contribution in [2.75, 3.05) is 11.9 Å². The Balaban J connectivity index is 0.00000192. The first-order valence-corrected chi connectivity index (χ1v) is 7.90. The zero-order valence-corrected chi connectivity index (χ0v) is 16.7. The van der Waals surface area contributed by atoms with Crippen LogP contribution in [0.3, 0.4) is 0 Å². The van der Waals surface area contributed by atoms with Crippen LogP contribution in [-0.2, 0) is 12.5 Å². The molecule has 0 aliphatic carbocycles. The van der Waals surface area contributed by atoms with Crippen molar-refractivity contribution in [3.05, 3.63) is 59.4 Å². The van der Waals surface area contributed by atoms with Gasteiger partial charge in [0.2, 0.25) is 0 Å². The molecule has 0 fully saturated rings. The Morgan fingerprint density at radius 2 is 1.65 bits per heavy atom. The monoisotopic (exact) mass is 420 g/mol. The third kappa shape index (κ3) is 3.30. The molecule has 23 heavy (non-hydrogen) atoms. The van der Waals surface area contributed by atoms with Gasteiger partial charge in [0.25, 0.3) is 0 Å². The highest BCUT2D eigenvalue weighted by molar-refractivity contribution is 5.73. The van der Waals surface area contributed by atoms with Crippen LogP contribution in [0.15, 0.2) is 42.7 Å². The van der Waals surface area contributed by atoms with Crippen LogP contribution in [0.5, 0.6) is 0 Å². The second-order valence-corrected chi connectivity index (χ2v) is 6.92. The summed E-state index contributed by atoms with van der Waals surface area (Å²) in [5.41, 5.74) is 5.49. The Hall–Kier alpha value is -1.36. The number of anilines is 1. The molecule has 1 aliphatic heterocycles. The molecule has 1 atom stereocenters. The van der Waals surface area contributed by atoms with Gasteiger partial charge in [-0.1, -0.05) is 32.1 Å². The Kier molecular flexibility index (Phi) is 5.19. The van der Waals surface area contributed by atoms with Crippen LogP contribution < -0.4 is 33.4 Å². The lowest BCUT2D eigenvalue weighted by atomic mass is 9.81. The van der Waals surface area contributed by atoms with E-state index in [1.165, 1.54) is 22.4 Å². The van der Waals surface area contributed by atoms with E-state index in [0.717, 1.165) is 0 Å². The first-order valence-electron chi connectivity index (χ1n) is 7.90. The zero-order valence-electron chi connectivity index (χ0n) is 14.5. The van der Waals surface area contributed by atoms with E-state index in [4.69, 9.17) is 0 Å². The van der Waals surface area contributed by atoms with Crippen molar-refractivity contribution in [3.8, 4) is 0 Å². The number of pyridine rings is 1. The predicted molar refractivity (Wildman–Crippen MR) is 93.9 cm³/mol. The molecule has 2 aromatic rings. The molecule has 2 nitrogen and oxygen atoms in total. The largest absolute Gasteiger partial charge is 1.00 e. The van der Waals surface area contributed by atoms with E-state index < -0.39 is 0 Å². The first-order chi connectivity index (χ1) is 10.4. The SMILES string of the molecule is CC1N(C)c2ccc(/C=C/c3cc[n+](C)cc3)cc2C1(C)C.[I-]. The van der Waals surface area contributed by atoms with Gasteiger partial charge in [0.15, 0.2) is 12.4 Å². The van der Waals surface area contributed by atoms with Crippen molar-refractivity contribution in [2.45, 2.75) is 32.2 Å². The second kappa shape index (κ2) is 6.63. The maximum atomic E-state index is 2.39. The molecule has 0 amide bonds. The summed E-state index contributed by atoms with van der Waals surface area (Å²) in [7, 11) is 4.23. The van der Waals surface area contributed by atoms with Crippen molar-refractivity contribution in [1.82, 2.24) is 0 Å². The van der Waals surface area contributed by atoms with Crippen LogP contribution in [0.1, 0.15) is 37.5 Å². The van der Waals surface area contributed by atoms with Gasteiger partial charge < -0.3 is 28.9 Å². The van der Waals surface area contributed by atoms with E-state index in [9.17, 15) is 0 Å². The van der Waals surface area contributed by atoms with Gasteiger partial charge in [0.05, 0.1) is 0 Å². The summed E-state index contributed by atoms with van der Waals surface area (Å²) in [6, 6.07) is 11.6. The van der Waals surface area contributed by atoms with Crippen LogP contribution in [0.2, 0.25) is 0 Å². The fourth-order valence-electron chi connectivity index (χ4n) is 3.21. The maximum Gasteiger partial charge on any atom is 0.169 e. The second-order valence-electron chi connectivity index (χ2n) is 6.92. The third-order valence-corrected chi connectivity index (χ3v) is 5.19. The summed E-state index contributed by atoms with van der Waals surface area (Å²) < 4.78 is 2.05. The van der Waals surface area contributed by atoms with Crippen LogP contribution in [-0.4, -0.2) is 13.1 Å². The Labute approximate surface area is 156 Å². The maximum absolute atomic E-state index is 2.39. The molecule has 122 valence electrons. The van der Waals surface area contributed by atoms with Crippen molar-refractivity contribution in [3.63, 3.8) is 0 Å². The van der Waals surface area contributed by atoms with Crippen molar-refractivity contribution in [2.24, 2.45) is 7.05 Å². The van der Waals surface area contributed by atoms with Gasteiger partial charge in [0, 0.05) is 36.3 Å². The van der Waals surface area contributed by atoms with Gasteiger partial charge >= 0.3 is 0 Å². The summed E-state index contributed by atoms with van der Waals surface area (Å²) in [5.74, 6) is 0. The number of hydrogen-bond donors (Lipinski definition) is 0. The van der Waals surface area contributed by atoms with E-state index in [1.54, 1.807) is 0 Å². The molecule has 0 saturated heterocycles. The molecule has 2 heterocycles. The fourth-order valence-corrected chi connectivity index (χ4v) is 3.21. The molecular weight excluding hydrogens is 395 g/mol. The number of benzene rings is 1. The molecule has 1 aromatic carbocycles. The fraction of sp³-hybridized carbons (Fsp3) is 0.350. The molecule has 3 rings (SSSR count). The van der Waals surface area contributed by atoms with Gasteiger partial charge in [-0.2, -0.15) is 0 Å². The summed E-state index contributed by atoms with van der Waals surface area (Å²) in [6.07, 6.45) is 8.52. The summed E-state index contributed by atoms with van der Waals surface area (Å²) >= 11 is 0. The standard InChI is InChI=1S/C20H25N2.HI/c1-15-20(2,3)18-14-17(8-9-19(18)22(15)5)7-6-16-10-12-21(4)13-11-16;/h6-15H,1-5H3;1H/q+1;/p-1. The molecule has 0 bridgehead atoms. The Bertz CT molecular complexity index is 717. The smallest absolute Gasteiger partial charge is 0.169 e. The average Bonchev–Trinajstić information content (AvgIpc) is 2.68. The number of aryl methyl sites for hydroxylation is 1. The minimum atomic E-state index is 0. The van der Waals surface area contributed by atoms with Gasteiger partial charge in [0.1, 0.15) is 7.05 Å². The molecule has 0 N–H and O–H groups in total. The molecular formula is C20H25IN2. The molecule has 0 radical (unpaired) electrons. The number of rotatable bonds is 2. The number of likely N-dealkylation sites (N-methyl/N-ethyl adjacent to an activating group) is 1. The summed E-state index contributed by atoms with van der Waals surface area (Å²) in [6.45, 7) is 6.98. The lowest BCUT2D eigenvalue weighted by Crippen LogP contribution is -3.00. The topological polar surface area (TPSA) is 7.12 Å². The van der Waals surface area contributed by atoms with Gasteiger partial charge in [-0.05, 0) is 35.7 Å². The molecule has 0 spiro atoms. The molecule has 1 unspecified atom stereocenters. The van der Waals surface area contributed by atoms with Crippen molar-refractivity contribution < 1.29 is 28.5 Å². The van der Waals surface area contributed by atoms with Gasteiger partial charge in [-0.25, -0.2) is 4.57 Å². The predicted octanol–water partition coefficient (Wildman–Crippen LogP) is 0.801. The highest BCUT2D eigenvalue weighted by atomic mass is 127. The quantitative estimate of drug-likeness (QED) is 0.515. The summed E-state index contributed by atoms with van der Waals surface area (Å²) in [4.78, 5) is 2.39. The average molecular weight is 420 g/mol. The van der Waals surface area contributed by atoms with Crippen LogP contribution in [0.25, 0.3) is 12.2 Å². The number of fused-ring (bicyclic) bond motifs is 1. The Morgan fingerprint density at radius 1 is 1.04 bits per heavy atom. The number of halogens is 1. The van der Waals surface area contributed by atoms with E-state index >= 15 is 0 Å². The highest BCUT2D eigenvalue weighted by Crippen LogP contribution is 2.44.